The molecule has 0 radical (unpaired) electrons. The molecule has 0 saturated carbocycles. The molecule has 0 saturated heterocycles. The van der Waals surface area contributed by atoms with Gasteiger partial charge >= 0.3 is 0 Å². The molecule has 1 aromatic heterocycles. The van der Waals surface area contributed by atoms with Crippen molar-refractivity contribution in [3.8, 4) is 0 Å². The van der Waals surface area contributed by atoms with Crippen LogP contribution in [0.4, 0.5) is 27.4 Å². The molecule has 2 N–H and O–H groups in total. The summed E-state index contributed by atoms with van der Waals surface area (Å²) in [6, 6.07) is 0. The second kappa shape index (κ2) is 20.7. The van der Waals surface area contributed by atoms with Crippen LogP contribution in [0.3, 0.4) is 0 Å². The number of anilines is 4. The van der Waals surface area contributed by atoms with Crippen LogP contribution in [0, 0.1) is 0 Å². The normalized spacial score (nSPS) is 14.1. The summed E-state index contributed by atoms with van der Waals surface area (Å²) in [4.78, 5) is 38.6. The van der Waals surface area contributed by atoms with Crippen molar-refractivity contribution >= 4 is 46.2 Å². The SMILES string of the molecule is CC.CCCCN(C)c1nc2c(nc1Cl)CNc1c(c(=O)c1=O)N2.CCCN(CCCN(C)CC)CCC1=C(F)C=C(Cl)CCC1. The fourth-order valence-electron chi connectivity index (χ4n) is 5.19. The first-order chi connectivity index (χ1) is 22.1. The van der Waals surface area contributed by atoms with E-state index in [4.69, 9.17) is 23.2 Å². The summed E-state index contributed by atoms with van der Waals surface area (Å²) >= 11 is 12.2. The first kappa shape index (κ1) is 39.6. The average Bonchev–Trinajstić information content (AvgIpc) is 3.33. The van der Waals surface area contributed by atoms with Gasteiger partial charge in [0, 0.05) is 25.2 Å². The Morgan fingerprint density at radius 2 is 1.61 bits per heavy atom. The van der Waals surface area contributed by atoms with Crippen molar-refractivity contribution in [2.75, 3.05) is 68.9 Å². The van der Waals surface area contributed by atoms with Crippen LogP contribution in [-0.4, -0.2) is 73.1 Å². The number of nitrogens with one attached hydrogen (secondary N) is 2. The van der Waals surface area contributed by atoms with Gasteiger partial charge in [0.25, 0.3) is 10.9 Å². The highest BCUT2D eigenvalue weighted by Crippen LogP contribution is 2.31. The van der Waals surface area contributed by atoms with E-state index in [9.17, 15) is 14.0 Å². The molecule has 2 aliphatic rings. The quantitative estimate of drug-likeness (QED) is 0.195. The molecule has 0 spiro atoms. The van der Waals surface area contributed by atoms with Crippen LogP contribution in [0.1, 0.15) is 91.7 Å². The molecule has 258 valence electrons. The van der Waals surface area contributed by atoms with Crippen molar-refractivity contribution in [2.45, 2.75) is 92.5 Å². The predicted octanol–water partition coefficient (Wildman–Crippen LogP) is 7.62. The zero-order valence-electron chi connectivity index (χ0n) is 28.9. The van der Waals surface area contributed by atoms with E-state index in [2.05, 4.69) is 58.2 Å². The Hall–Kier alpha value is -2.53. The minimum atomic E-state index is -0.534. The molecule has 2 aromatic rings. The van der Waals surface area contributed by atoms with Gasteiger partial charge < -0.3 is 25.3 Å². The van der Waals surface area contributed by atoms with Crippen LogP contribution < -0.4 is 26.4 Å². The highest BCUT2D eigenvalue weighted by Gasteiger charge is 2.27. The van der Waals surface area contributed by atoms with Gasteiger partial charge in [-0.3, -0.25) is 9.59 Å². The number of hydrogen-bond donors (Lipinski definition) is 2. The van der Waals surface area contributed by atoms with Crippen LogP contribution in [-0.2, 0) is 6.54 Å². The maximum Gasteiger partial charge on any atom is 0.253 e. The largest absolute Gasteiger partial charge is 0.374 e. The molecular formula is C34H54Cl2FN7O2. The van der Waals surface area contributed by atoms with Crippen LogP contribution in [0.2, 0.25) is 5.15 Å². The van der Waals surface area contributed by atoms with E-state index in [-0.39, 0.29) is 11.5 Å². The molecule has 12 heteroatoms. The van der Waals surface area contributed by atoms with Crippen molar-refractivity contribution in [2.24, 2.45) is 0 Å². The maximum atomic E-state index is 14.1. The second-order valence-electron chi connectivity index (χ2n) is 11.5. The van der Waals surface area contributed by atoms with Gasteiger partial charge in [-0.05, 0) is 89.8 Å². The molecule has 9 nitrogen and oxygen atoms in total. The molecule has 1 aliphatic carbocycles. The van der Waals surface area contributed by atoms with Gasteiger partial charge in [-0.2, -0.15) is 0 Å². The fraction of sp³-hybridized carbons (Fsp3) is 0.647. The molecule has 2 heterocycles. The molecule has 46 heavy (non-hydrogen) atoms. The first-order valence-electron chi connectivity index (χ1n) is 16.9. The Kier molecular flexibility index (Phi) is 17.8. The number of nitrogens with zero attached hydrogens (tertiary/aromatic N) is 5. The van der Waals surface area contributed by atoms with Crippen LogP contribution >= 0.6 is 23.2 Å². The zero-order valence-corrected chi connectivity index (χ0v) is 30.4. The summed E-state index contributed by atoms with van der Waals surface area (Å²) in [5, 5.41) is 6.77. The molecule has 0 bridgehead atoms. The number of unbranched alkanes of at least 4 members (excludes halogenated alkanes) is 1. The van der Waals surface area contributed by atoms with E-state index < -0.39 is 10.9 Å². The molecule has 1 aliphatic heterocycles. The van der Waals surface area contributed by atoms with Gasteiger partial charge in [-0.1, -0.05) is 64.2 Å². The minimum Gasteiger partial charge on any atom is -0.374 e. The first-order valence-corrected chi connectivity index (χ1v) is 17.6. The monoisotopic (exact) mass is 681 g/mol. The van der Waals surface area contributed by atoms with E-state index in [0.717, 1.165) is 89.8 Å². The van der Waals surface area contributed by atoms with E-state index in [0.29, 0.717) is 39.7 Å². The molecule has 0 amide bonds. The van der Waals surface area contributed by atoms with E-state index in [1.807, 2.05) is 25.8 Å². The third-order valence-electron chi connectivity index (χ3n) is 8.04. The van der Waals surface area contributed by atoms with Gasteiger partial charge in [-0.15, -0.1) is 0 Å². The van der Waals surface area contributed by atoms with E-state index >= 15 is 0 Å². The van der Waals surface area contributed by atoms with Gasteiger partial charge in [0.15, 0.2) is 16.8 Å². The molecule has 1 aromatic carbocycles. The van der Waals surface area contributed by atoms with Gasteiger partial charge in [-0.25, -0.2) is 14.4 Å². The Balaban J connectivity index is 0.000000304. The molecular weight excluding hydrogens is 628 g/mol. The van der Waals surface area contributed by atoms with Crippen molar-refractivity contribution in [1.29, 1.82) is 0 Å². The topological polar surface area (TPSA) is 93.7 Å². The Bertz CT molecular complexity index is 1370. The third kappa shape index (κ3) is 11.6. The maximum absolute atomic E-state index is 14.1. The number of allylic oxidation sites excluding steroid dienone is 3. The van der Waals surface area contributed by atoms with Crippen molar-refractivity contribution in [3.05, 3.63) is 53.8 Å². The lowest BCUT2D eigenvalue weighted by Crippen LogP contribution is -2.35. The van der Waals surface area contributed by atoms with E-state index in [1.54, 1.807) is 0 Å². The number of hydrogen-bond acceptors (Lipinski definition) is 9. The van der Waals surface area contributed by atoms with Gasteiger partial charge in [0.1, 0.15) is 22.9 Å². The molecule has 4 rings (SSSR count). The summed E-state index contributed by atoms with van der Waals surface area (Å²) < 4.78 is 14.1. The number of halogens is 3. The summed E-state index contributed by atoms with van der Waals surface area (Å²) in [7, 11) is 4.06. The van der Waals surface area contributed by atoms with Crippen molar-refractivity contribution in [3.63, 3.8) is 0 Å². The lowest BCUT2D eigenvalue weighted by Gasteiger charge is -2.23. The Morgan fingerprint density at radius 1 is 0.891 bits per heavy atom. The Morgan fingerprint density at radius 3 is 2.28 bits per heavy atom. The van der Waals surface area contributed by atoms with Crippen LogP contribution in [0.15, 0.2) is 32.1 Å². The minimum absolute atomic E-state index is 0.0929. The molecule has 0 atom stereocenters. The number of rotatable bonds is 14. The Labute approximate surface area is 284 Å². The van der Waals surface area contributed by atoms with E-state index in [1.165, 1.54) is 12.5 Å². The van der Waals surface area contributed by atoms with Crippen molar-refractivity contribution < 1.29 is 4.39 Å². The lowest BCUT2D eigenvalue weighted by molar-refractivity contribution is 0.249. The summed E-state index contributed by atoms with van der Waals surface area (Å²) in [5.41, 5.74) is 1.02. The standard InChI is InChI=1S/C18H32ClFN2.C14H16ClN5O2.C2H6/c1-4-11-22(13-7-12-21(3)5-2)14-10-16-8-6-9-17(19)15-18(16)20;1-3-4-5-20(2)14-12(15)17-7-6-16-8-9(11(22)10(8)21)18-13(7)19-14;1-2/h15H,4-14H2,1-3H3;16H,3-6H2,1-2H3,(H,18,19);1-2H3. The second-order valence-corrected chi connectivity index (χ2v) is 12.4. The highest BCUT2D eigenvalue weighted by atomic mass is 35.5. The van der Waals surface area contributed by atoms with Crippen LogP contribution in [0.25, 0.3) is 0 Å². The lowest BCUT2D eigenvalue weighted by atomic mass is 10.1. The summed E-state index contributed by atoms with van der Waals surface area (Å²) in [6.45, 7) is 17.0. The summed E-state index contributed by atoms with van der Waals surface area (Å²) in [6.07, 6.45) is 9.37. The molecule has 0 unspecified atom stereocenters. The molecule has 0 fully saturated rings. The van der Waals surface area contributed by atoms with Gasteiger partial charge in [0.2, 0.25) is 0 Å². The third-order valence-corrected chi connectivity index (χ3v) is 8.59. The number of aromatic nitrogens is 2. The van der Waals surface area contributed by atoms with Crippen molar-refractivity contribution in [1.82, 2.24) is 19.8 Å². The number of fused-ring (bicyclic) bond motifs is 2. The predicted molar refractivity (Wildman–Crippen MR) is 194 cm³/mol. The highest BCUT2D eigenvalue weighted by molar-refractivity contribution is 6.31. The van der Waals surface area contributed by atoms with Crippen LogP contribution in [0.5, 0.6) is 0 Å². The smallest absolute Gasteiger partial charge is 0.253 e. The zero-order chi connectivity index (χ0) is 34.2. The summed E-state index contributed by atoms with van der Waals surface area (Å²) in [5.74, 6) is 0.925. The van der Waals surface area contributed by atoms with Gasteiger partial charge in [0.05, 0.1) is 6.54 Å². The average molecular weight is 683 g/mol. The fourth-order valence-corrected chi connectivity index (χ4v) is 5.71.